The van der Waals surface area contributed by atoms with Gasteiger partial charge in [0.15, 0.2) is 0 Å². The van der Waals surface area contributed by atoms with E-state index in [1.54, 1.807) is 0 Å². The number of benzene rings is 1. The van der Waals surface area contributed by atoms with E-state index >= 15 is 0 Å². The molecule has 0 aromatic heterocycles. The molecule has 1 aromatic carbocycles. The van der Waals surface area contributed by atoms with E-state index in [1.807, 2.05) is 0 Å². The average Bonchev–Trinajstić information content (AvgIpc) is 2.50. The van der Waals surface area contributed by atoms with E-state index in [-0.39, 0.29) is 0 Å². The summed E-state index contributed by atoms with van der Waals surface area (Å²) in [5.74, 6) is 0. The average molecular weight is 274 g/mol. The number of nitrogens with one attached hydrogen (secondary N) is 1. The van der Waals surface area contributed by atoms with Gasteiger partial charge in [0.05, 0.1) is 0 Å². The van der Waals surface area contributed by atoms with Crippen molar-refractivity contribution >= 4 is 0 Å². The van der Waals surface area contributed by atoms with Gasteiger partial charge >= 0.3 is 0 Å². The molecule has 1 aliphatic heterocycles. The van der Waals surface area contributed by atoms with Gasteiger partial charge in [-0.1, -0.05) is 50.6 Å². The van der Waals surface area contributed by atoms with E-state index in [4.69, 9.17) is 0 Å². The standard InChI is InChI=1S/C18H30N2/c1-5-18(3)11-13-20(14-12-18)15(2)17(19-4)16-9-7-6-8-10-16/h6-10,15,17,19H,5,11-14H2,1-4H3. The molecule has 0 aliphatic carbocycles. The molecule has 2 rings (SSSR count). The summed E-state index contributed by atoms with van der Waals surface area (Å²) in [4.78, 5) is 2.66. The topological polar surface area (TPSA) is 15.3 Å². The summed E-state index contributed by atoms with van der Waals surface area (Å²) in [7, 11) is 2.08. The van der Waals surface area contributed by atoms with E-state index in [9.17, 15) is 0 Å². The van der Waals surface area contributed by atoms with Crippen molar-refractivity contribution in [2.45, 2.75) is 52.1 Å². The fourth-order valence-corrected chi connectivity index (χ4v) is 3.38. The van der Waals surface area contributed by atoms with Crippen molar-refractivity contribution in [1.82, 2.24) is 10.2 Å². The van der Waals surface area contributed by atoms with Crippen molar-refractivity contribution in [3.8, 4) is 0 Å². The van der Waals surface area contributed by atoms with Crippen LogP contribution in [0.4, 0.5) is 0 Å². The third-order valence-electron chi connectivity index (χ3n) is 5.39. The first-order valence-corrected chi connectivity index (χ1v) is 8.06. The molecule has 0 bridgehead atoms. The van der Waals surface area contributed by atoms with Gasteiger partial charge in [-0.05, 0) is 50.9 Å². The van der Waals surface area contributed by atoms with Crippen LogP contribution < -0.4 is 5.32 Å². The van der Waals surface area contributed by atoms with Gasteiger partial charge < -0.3 is 5.32 Å². The van der Waals surface area contributed by atoms with Gasteiger partial charge in [-0.3, -0.25) is 4.90 Å². The van der Waals surface area contributed by atoms with Crippen molar-refractivity contribution in [3.63, 3.8) is 0 Å². The molecule has 112 valence electrons. The van der Waals surface area contributed by atoms with Crippen LogP contribution >= 0.6 is 0 Å². The summed E-state index contributed by atoms with van der Waals surface area (Å²) >= 11 is 0. The summed E-state index contributed by atoms with van der Waals surface area (Å²) < 4.78 is 0. The fraction of sp³-hybridized carbons (Fsp3) is 0.667. The lowest BCUT2D eigenvalue weighted by atomic mass is 9.77. The van der Waals surface area contributed by atoms with Gasteiger partial charge in [-0.2, -0.15) is 0 Å². The Morgan fingerprint density at radius 3 is 2.30 bits per heavy atom. The first kappa shape index (κ1) is 15.5. The normalized spacial score (nSPS) is 22.4. The maximum atomic E-state index is 3.51. The summed E-state index contributed by atoms with van der Waals surface area (Å²) in [6, 6.07) is 11.8. The van der Waals surface area contributed by atoms with Gasteiger partial charge in [0.1, 0.15) is 0 Å². The van der Waals surface area contributed by atoms with Crippen molar-refractivity contribution in [2.75, 3.05) is 20.1 Å². The lowest BCUT2D eigenvalue weighted by Gasteiger charge is -2.43. The van der Waals surface area contributed by atoms with Crippen molar-refractivity contribution in [1.29, 1.82) is 0 Å². The zero-order chi connectivity index (χ0) is 14.6. The monoisotopic (exact) mass is 274 g/mol. The van der Waals surface area contributed by atoms with E-state index < -0.39 is 0 Å². The Bertz CT molecular complexity index is 393. The number of likely N-dealkylation sites (tertiary alicyclic amines) is 1. The van der Waals surface area contributed by atoms with Crippen LogP contribution in [0, 0.1) is 5.41 Å². The largest absolute Gasteiger partial charge is 0.312 e. The van der Waals surface area contributed by atoms with Gasteiger partial charge in [-0.15, -0.1) is 0 Å². The molecule has 1 fully saturated rings. The van der Waals surface area contributed by atoms with E-state index in [0.717, 1.165) is 0 Å². The minimum atomic E-state index is 0.419. The molecule has 0 saturated carbocycles. The van der Waals surface area contributed by atoms with Crippen molar-refractivity contribution in [2.24, 2.45) is 5.41 Å². The molecule has 1 saturated heterocycles. The quantitative estimate of drug-likeness (QED) is 0.877. The maximum absolute atomic E-state index is 3.51. The first-order valence-electron chi connectivity index (χ1n) is 8.06. The van der Waals surface area contributed by atoms with Crippen LogP contribution in [0.2, 0.25) is 0 Å². The Kier molecular flexibility index (Phi) is 5.22. The van der Waals surface area contributed by atoms with Gasteiger partial charge in [0, 0.05) is 12.1 Å². The first-order chi connectivity index (χ1) is 9.59. The number of nitrogens with zero attached hydrogens (tertiary/aromatic N) is 1. The third kappa shape index (κ3) is 3.42. The lowest BCUT2D eigenvalue weighted by Crippen LogP contribution is -2.47. The Hall–Kier alpha value is -0.860. The van der Waals surface area contributed by atoms with Crippen LogP contribution in [-0.2, 0) is 0 Å². The molecule has 2 atom stereocenters. The second kappa shape index (κ2) is 6.73. The fourth-order valence-electron chi connectivity index (χ4n) is 3.38. The Morgan fingerprint density at radius 2 is 1.80 bits per heavy atom. The molecular formula is C18H30N2. The zero-order valence-electron chi connectivity index (χ0n) is 13.5. The highest BCUT2D eigenvalue weighted by Crippen LogP contribution is 2.35. The SMILES string of the molecule is CCC1(C)CCN(C(C)C(NC)c2ccccc2)CC1. The minimum absolute atomic E-state index is 0.419. The second-order valence-electron chi connectivity index (χ2n) is 6.62. The van der Waals surface area contributed by atoms with E-state index in [1.165, 1.54) is 37.9 Å². The highest BCUT2D eigenvalue weighted by Gasteiger charge is 2.32. The molecule has 1 aliphatic rings. The Balaban J connectivity index is 2.02. The van der Waals surface area contributed by atoms with Crippen LogP contribution in [-0.4, -0.2) is 31.1 Å². The molecule has 1 heterocycles. The summed E-state index contributed by atoms with van der Waals surface area (Å²) in [6.07, 6.45) is 3.97. The predicted molar refractivity (Wildman–Crippen MR) is 86.9 cm³/mol. The summed E-state index contributed by atoms with van der Waals surface area (Å²) in [5.41, 5.74) is 1.96. The molecule has 20 heavy (non-hydrogen) atoms. The van der Waals surface area contributed by atoms with Crippen LogP contribution in [0.25, 0.3) is 0 Å². The number of rotatable bonds is 5. The van der Waals surface area contributed by atoms with Gasteiger partial charge in [0.2, 0.25) is 0 Å². The number of hydrogen-bond donors (Lipinski definition) is 1. The molecule has 2 unspecified atom stereocenters. The molecule has 0 radical (unpaired) electrons. The molecular weight excluding hydrogens is 244 g/mol. The van der Waals surface area contributed by atoms with E-state index in [2.05, 4.69) is 68.4 Å². The molecule has 0 amide bonds. The van der Waals surface area contributed by atoms with Crippen LogP contribution in [0.15, 0.2) is 30.3 Å². The maximum Gasteiger partial charge on any atom is 0.0473 e. The van der Waals surface area contributed by atoms with Crippen LogP contribution in [0.1, 0.15) is 51.6 Å². The smallest absolute Gasteiger partial charge is 0.0473 e. The van der Waals surface area contributed by atoms with Crippen molar-refractivity contribution < 1.29 is 0 Å². The number of piperidine rings is 1. The zero-order valence-corrected chi connectivity index (χ0v) is 13.5. The van der Waals surface area contributed by atoms with E-state index in [0.29, 0.717) is 17.5 Å². The Labute approximate surface area is 124 Å². The predicted octanol–water partition coefficient (Wildman–Crippen LogP) is 3.85. The number of likely N-dealkylation sites (N-methyl/N-ethyl adjacent to an activating group) is 1. The second-order valence-corrected chi connectivity index (χ2v) is 6.62. The highest BCUT2D eigenvalue weighted by molar-refractivity contribution is 5.20. The molecule has 2 nitrogen and oxygen atoms in total. The molecule has 0 spiro atoms. The molecule has 1 N–H and O–H groups in total. The lowest BCUT2D eigenvalue weighted by molar-refractivity contribution is 0.0726. The Morgan fingerprint density at radius 1 is 1.20 bits per heavy atom. The van der Waals surface area contributed by atoms with Crippen molar-refractivity contribution in [3.05, 3.63) is 35.9 Å². The summed E-state index contributed by atoms with van der Waals surface area (Å²) in [6.45, 7) is 9.61. The minimum Gasteiger partial charge on any atom is -0.312 e. The van der Waals surface area contributed by atoms with Gasteiger partial charge in [-0.25, -0.2) is 0 Å². The highest BCUT2D eigenvalue weighted by atomic mass is 15.2. The number of hydrogen-bond acceptors (Lipinski definition) is 2. The summed E-state index contributed by atoms with van der Waals surface area (Å²) in [5, 5.41) is 3.51. The van der Waals surface area contributed by atoms with Crippen LogP contribution in [0.3, 0.4) is 0 Å². The van der Waals surface area contributed by atoms with Gasteiger partial charge in [0.25, 0.3) is 0 Å². The molecule has 1 aromatic rings. The van der Waals surface area contributed by atoms with Crippen LogP contribution in [0.5, 0.6) is 0 Å². The third-order valence-corrected chi connectivity index (χ3v) is 5.39. The molecule has 2 heteroatoms.